The Bertz CT molecular complexity index is 920. The second kappa shape index (κ2) is 5.74. The third kappa shape index (κ3) is 2.14. The molecule has 2 aromatic carbocycles. The number of fused-ring (bicyclic) bond motifs is 3. The normalized spacial score (nSPS) is 21.4. The average Bonchev–Trinajstić information content (AvgIpc) is 3.02. The first-order valence-electron chi connectivity index (χ1n) is 8.07. The first kappa shape index (κ1) is 15.9. The van der Waals surface area contributed by atoms with Crippen LogP contribution in [0.25, 0.3) is 0 Å². The highest BCUT2D eigenvalue weighted by Crippen LogP contribution is 2.52. The van der Waals surface area contributed by atoms with E-state index in [4.69, 9.17) is 16.3 Å². The number of carbonyl (C=O) groups is 2. The van der Waals surface area contributed by atoms with Crippen molar-refractivity contribution in [2.75, 3.05) is 7.11 Å². The number of methoxy groups -OCH3 is 1. The van der Waals surface area contributed by atoms with Gasteiger partial charge in [-0.15, -0.1) is 0 Å². The van der Waals surface area contributed by atoms with E-state index in [-0.39, 0.29) is 5.91 Å². The van der Waals surface area contributed by atoms with Gasteiger partial charge < -0.3 is 10.1 Å². The summed E-state index contributed by atoms with van der Waals surface area (Å²) in [5.74, 6) is -0.691. The number of carbonyl (C=O) groups excluding carboxylic acids is 2. The number of nitrogens with one attached hydrogen (secondary N) is 1. The van der Waals surface area contributed by atoms with Crippen molar-refractivity contribution >= 4 is 23.5 Å². The lowest BCUT2D eigenvalue weighted by Gasteiger charge is -2.39. The van der Waals surface area contributed by atoms with Gasteiger partial charge in [-0.1, -0.05) is 54.1 Å². The molecule has 126 valence electrons. The number of allylic oxidation sites excluding steroid dienone is 1. The molecule has 0 aromatic heterocycles. The number of halogens is 1. The molecular weight excluding hydrogens is 338 g/mol. The van der Waals surface area contributed by atoms with Gasteiger partial charge in [-0.2, -0.15) is 0 Å². The molecule has 2 aliphatic rings. The molecule has 1 aliphatic carbocycles. The third-order valence-electron chi connectivity index (χ3n) is 5.12. The number of amides is 1. The largest absolute Gasteiger partial charge is 0.466 e. The Kier molecular flexibility index (Phi) is 3.65. The van der Waals surface area contributed by atoms with Crippen LogP contribution in [0.2, 0.25) is 5.02 Å². The number of esters is 1. The van der Waals surface area contributed by atoms with Gasteiger partial charge in [-0.25, -0.2) is 4.79 Å². The predicted octanol–water partition coefficient (Wildman–Crippen LogP) is 3.59. The minimum Gasteiger partial charge on any atom is -0.466 e. The molecular formula is C20H16ClNO3. The zero-order valence-corrected chi connectivity index (χ0v) is 14.4. The molecule has 2 aromatic rings. The molecule has 0 bridgehead atoms. The standard InChI is InChI=1S/C20H16ClNO3/c1-25-19(24)13-10-11-20(12-6-3-2-4-7-12)14-8-5-9-15(21)16(14)18(23)22-17(13)20/h2-9H,10-11H2,1H3,(H,22,23). The topological polar surface area (TPSA) is 55.4 Å². The van der Waals surface area contributed by atoms with Crippen molar-refractivity contribution in [2.24, 2.45) is 0 Å². The molecule has 0 spiro atoms. The van der Waals surface area contributed by atoms with Crippen LogP contribution in [-0.2, 0) is 14.9 Å². The summed E-state index contributed by atoms with van der Waals surface area (Å²) in [7, 11) is 1.36. The summed E-state index contributed by atoms with van der Waals surface area (Å²) in [6.07, 6.45) is 1.20. The van der Waals surface area contributed by atoms with Crippen molar-refractivity contribution < 1.29 is 14.3 Å². The van der Waals surface area contributed by atoms with Crippen molar-refractivity contribution in [3.8, 4) is 0 Å². The quantitative estimate of drug-likeness (QED) is 0.839. The predicted molar refractivity (Wildman–Crippen MR) is 94.4 cm³/mol. The molecule has 0 radical (unpaired) electrons. The summed E-state index contributed by atoms with van der Waals surface area (Å²) in [5.41, 5.74) is 2.87. The molecule has 1 aliphatic heterocycles. The van der Waals surface area contributed by atoms with E-state index in [1.165, 1.54) is 7.11 Å². The zero-order chi connectivity index (χ0) is 17.6. The molecule has 1 unspecified atom stereocenters. The van der Waals surface area contributed by atoms with Crippen LogP contribution in [0, 0.1) is 0 Å². The second-order valence-electron chi connectivity index (χ2n) is 6.23. The second-order valence-corrected chi connectivity index (χ2v) is 6.64. The van der Waals surface area contributed by atoms with Gasteiger partial charge in [0.05, 0.1) is 28.7 Å². The summed E-state index contributed by atoms with van der Waals surface area (Å²) < 4.78 is 4.94. The van der Waals surface area contributed by atoms with Crippen LogP contribution in [-0.4, -0.2) is 19.0 Å². The van der Waals surface area contributed by atoms with Crippen LogP contribution in [0.15, 0.2) is 59.8 Å². The number of hydrogen-bond acceptors (Lipinski definition) is 3. The number of benzene rings is 2. The minimum absolute atomic E-state index is 0.287. The van der Waals surface area contributed by atoms with E-state index >= 15 is 0 Å². The Morgan fingerprint density at radius 1 is 1.16 bits per heavy atom. The van der Waals surface area contributed by atoms with E-state index in [2.05, 4.69) is 5.32 Å². The molecule has 4 rings (SSSR count). The molecule has 1 atom stereocenters. The molecule has 0 saturated carbocycles. The summed E-state index contributed by atoms with van der Waals surface area (Å²) in [4.78, 5) is 25.0. The summed E-state index contributed by atoms with van der Waals surface area (Å²) in [6, 6.07) is 15.4. The van der Waals surface area contributed by atoms with Crippen molar-refractivity contribution in [2.45, 2.75) is 18.3 Å². The van der Waals surface area contributed by atoms with Gasteiger partial charge in [0.15, 0.2) is 0 Å². The number of ether oxygens (including phenoxy) is 1. The van der Waals surface area contributed by atoms with Crippen molar-refractivity contribution in [1.82, 2.24) is 5.32 Å². The maximum Gasteiger partial charge on any atom is 0.335 e. The molecule has 1 heterocycles. The third-order valence-corrected chi connectivity index (χ3v) is 5.43. The molecule has 0 saturated heterocycles. The zero-order valence-electron chi connectivity index (χ0n) is 13.6. The first-order valence-corrected chi connectivity index (χ1v) is 8.45. The van der Waals surface area contributed by atoms with Gasteiger partial charge >= 0.3 is 5.97 Å². The van der Waals surface area contributed by atoms with Crippen LogP contribution >= 0.6 is 11.6 Å². The fraction of sp³-hybridized carbons (Fsp3) is 0.200. The summed E-state index contributed by atoms with van der Waals surface area (Å²) >= 11 is 6.33. The molecule has 25 heavy (non-hydrogen) atoms. The SMILES string of the molecule is COC(=O)C1=C2NC(=O)c3c(Cl)cccc3C2(c2ccccc2)CC1. The lowest BCUT2D eigenvalue weighted by molar-refractivity contribution is -0.136. The van der Waals surface area contributed by atoms with Crippen LogP contribution in [0.3, 0.4) is 0 Å². The highest BCUT2D eigenvalue weighted by atomic mass is 35.5. The Labute approximate surface area is 150 Å². The van der Waals surface area contributed by atoms with Crippen molar-refractivity contribution in [1.29, 1.82) is 0 Å². The number of hydrogen-bond donors (Lipinski definition) is 1. The lowest BCUT2D eigenvalue weighted by Crippen LogP contribution is -2.44. The lowest BCUT2D eigenvalue weighted by atomic mass is 9.68. The Morgan fingerprint density at radius 2 is 1.92 bits per heavy atom. The van der Waals surface area contributed by atoms with Crippen molar-refractivity contribution in [3.63, 3.8) is 0 Å². The van der Waals surface area contributed by atoms with E-state index < -0.39 is 11.4 Å². The van der Waals surface area contributed by atoms with Gasteiger partial charge in [-0.3, -0.25) is 4.79 Å². The van der Waals surface area contributed by atoms with Gasteiger partial charge in [0.1, 0.15) is 0 Å². The fourth-order valence-electron chi connectivity index (χ4n) is 4.05. The maximum absolute atomic E-state index is 12.7. The number of rotatable bonds is 2. The molecule has 1 amide bonds. The fourth-order valence-corrected chi connectivity index (χ4v) is 4.31. The summed E-state index contributed by atoms with van der Waals surface area (Å²) in [6.45, 7) is 0. The van der Waals surface area contributed by atoms with Crippen molar-refractivity contribution in [3.05, 3.63) is 81.5 Å². The van der Waals surface area contributed by atoms with Crippen LogP contribution in [0.4, 0.5) is 0 Å². The minimum atomic E-state index is -0.598. The van der Waals surface area contributed by atoms with E-state index in [1.807, 2.05) is 42.5 Å². The molecule has 1 N–H and O–H groups in total. The van der Waals surface area contributed by atoms with Gasteiger partial charge in [0.2, 0.25) is 0 Å². The monoisotopic (exact) mass is 353 g/mol. The molecule has 0 fully saturated rings. The Hall–Kier alpha value is -2.59. The van der Waals surface area contributed by atoms with Crippen LogP contribution in [0.5, 0.6) is 0 Å². The average molecular weight is 354 g/mol. The van der Waals surface area contributed by atoms with E-state index in [0.717, 1.165) is 11.1 Å². The van der Waals surface area contributed by atoms with Gasteiger partial charge in [0, 0.05) is 5.70 Å². The van der Waals surface area contributed by atoms with Crippen LogP contribution in [0.1, 0.15) is 34.3 Å². The Balaban J connectivity index is 2.08. The summed E-state index contributed by atoms with van der Waals surface area (Å²) in [5, 5.41) is 3.35. The van der Waals surface area contributed by atoms with Gasteiger partial charge in [-0.05, 0) is 30.0 Å². The molecule has 5 heteroatoms. The van der Waals surface area contributed by atoms with Crippen LogP contribution < -0.4 is 5.32 Å². The Morgan fingerprint density at radius 3 is 2.64 bits per heavy atom. The van der Waals surface area contributed by atoms with E-state index in [0.29, 0.717) is 34.7 Å². The first-order chi connectivity index (χ1) is 12.1. The molecule has 4 nitrogen and oxygen atoms in total. The van der Waals surface area contributed by atoms with E-state index in [9.17, 15) is 9.59 Å². The van der Waals surface area contributed by atoms with E-state index in [1.54, 1.807) is 6.07 Å². The smallest absolute Gasteiger partial charge is 0.335 e. The van der Waals surface area contributed by atoms with Gasteiger partial charge in [0.25, 0.3) is 5.91 Å². The highest BCUT2D eigenvalue weighted by molar-refractivity contribution is 6.34. The maximum atomic E-state index is 12.7. The highest BCUT2D eigenvalue weighted by Gasteiger charge is 2.51.